The third kappa shape index (κ3) is 3.83. The zero-order valence-electron chi connectivity index (χ0n) is 21.4. The van der Waals surface area contributed by atoms with Gasteiger partial charge in [0.05, 0.1) is 22.2 Å². The molecule has 3 aliphatic rings. The Balaban J connectivity index is 1.42. The van der Waals surface area contributed by atoms with Gasteiger partial charge in [-0.15, -0.1) is 0 Å². The van der Waals surface area contributed by atoms with E-state index in [1.54, 1.807) is 0 Å². The summed E-state index contributed by atoms with van der Waals surface area (Å²) in [6.45, 7) is 17.1. The maximum absolute atomic E-state index is 10.9. The van der Waals surface area contributed by atoms with E-state index in [0.717, 1.165) is 40.9 Å². The van der Waals surface area contributed by atoms with Crippen molar-refractivity contribution in [1.82, 2.24) is 15.4 Å². The quantitative estimate of drug-likeness (QED) is 0.500. The summed E-state index contributed by atoms with van der Waals surface area (Å²) >= 11 is 0. The van der Waals surface area contributed by atoms with Crippen LogP contribution in [-0.2, 0) is 17.5 Å². The molecule has 7 heteroatoms. The van der Waals surface area contributed by atoms with Crippen LogP contribution in [-0.4, -0.2) is 62.0 Å². The van der Waals surface area contributed by atoms with Crippen LogP contribution in [0.15, 0.2) is 23.8 Å². The van der Waals surface area contributed by atoms with Crippen LogP contribution in [0.5, 0.6) is 5.75 Å². The van der Waals surface area contributed by atoms with Crippen molar-refractivity contribution < 1.29 is 20.3 Å². The summed E-state index contributed by atoms with van der Waals surface area (Å²) in [6.07, 6.45) is 2.73. The first kappa shape index (κ1) is 24.6. The summed E-state index contributed by atoms with van der Waals surface area (Å²) in [5.41, 5.74) is 2.58. The largest absolute Gasteiger partial charge is 0.487 e. The van der Waals surface area contributed by atoms with Gasteiger partial charge in [-0.25, -0.2) is 0 Å². The highest BCUT2D eigenvalue weighted by Gasteiger charge is 2.50. The zero-order valence-corrected chi connectivity index (χ0v) is 21.4. The van der Waals surface area contributed by atoms with E-state index in [1.165, 1.54) is 10.1 Å². The molecule has 0 radical (unpaired) electrons. The lowest BCUT2D eigenvalue weighted by molar-refractivity contribution is -0.216. The predicted octanol–water partition coefficient (Wildman–Crippen LogP) is 3.69. The topological polar surface area (TPSA) is 88.4 Å². The molecule has 1 aromatic rings. The number of hydrogen-bond acceptors (Lipinski definition) is 7. The minimum Gasteiger partial charge on any atom is -0.487 e. The van der Waals surface area contributed by atoms with Gasteiger partial charge in [-0.05, 0) is 103 Å². The number of ether oxygens (including phenoxy) is 1. The van der Waals surface area contributed by atoms with Crippen LogP contribution in [0.25, 0.3) is 0 Å². The number of fused-ring (bicyclic) bond motifs is 2. The SMILES string of the molecule is CC1(C)C=C(CNCC(O)C2CCc3cc4c(cc3O2)C(C)(C)N(O)C4(C)C)C(C)(C)N1O. The van der Waals surface area contributed by atoms with Gasteiger partial charge in [-0.2, -0.15) is 10.1 Å². The van der Waals surface area contributed by atoms with Crippen molar-refractivity contribution in [3.05, 3.63) is 40.5 Å². The van der Waals surface area contributed by atoms with Gasteiger partial charge in [-0.1, -0.05) is 6.08 Å². The van der Waals surface area contributed by atoms with Crippen molar-refractivity contribution in [3.8, 4) is 5.75 Å². The molecule has 2 unspecified atom stereocenters. The van der Waals surface area contributed by atoms with Gasteiger partial charge in [0.1, 0.15) is 18.0 Å². The molecule has 0 saturated heterocycles. The number of nitrogens with one attached hydrogen (secondary N) is 1. The second kappa shape index (κ2) is 7.77. The average Bonchev–Trinajstić information content (AvgIpc) is 2.98. The van der Waals surface area contributed by atoms with Gasteiger partial charge in [0.25, 0.3) is 0 Å². The Hall–Kier alpha value is -1.48. The molecular weight excluding hydrogens is 418 g/mol. The van der Waals surface area contributed by atoms with Crippen molar-refractivity contribution >= 4 is 0 Å². The maximum atomic E-state index is 10.9. The van der Waals surface area contributed by atoms with Crippen molar-refractivity contribution in [2.24, 2.45) is 0 Å². The Morgan fingerprint density at radius 2 is 1.58 bits per heavy atom. The Bertz CT molecular complexity index is 967. The van der Waals surface area contributed by atoms with E-state index in [0.29, 0.717) is 13.1 Å². The fourth-order valence-corrected chi connectivity index (χ4v) is 5.93. The van der Waals surface area contributed by atoms with Crippen LogP contribution < -0.4 is 10.1 Å². The number of nitrogens with zero attached hydrogens (tertiary/aromatic N) is 2. The smallest absolute Gasteiger partial charge is 0.126 e. The molecule has 2 atom stereocenters. The van der Waals surface area contributed by atoms with E-state index in [2.05, 4.69) is 23.5 Å². The first-order valence-electron chi connectivity index (χ1n) is 12.0. The van der Waals surface area contributed by atoms with Gasteiger partial charge >= 0.3 is 0 Å². The summed E-state index contributed by atoms with van der Waals surface area (Å²) < 4.78 is 6.28. The second-order valence-electron chi connectivity index (χ2n) is 12.0. The number of aliphatic hydroxyl groups excluding tert-OH is 1. The Labute approximate surface area is 197 Å². The lowest BCUT2D eigenvalue weighted by Crippen LogP contribution is -2.49. The molecular formula is C26H41N3O4. The average molecular weight is 460 g/mol. The van der Waals surface area contributed by atoms with E-state index >= 15 is 0 Å². The second-order valence-corrected chi connectivity index (χ2v) is 12.0. The van der Waals surface area contributed by atoms with Crippen LogP contribution in [0.1, 0.15) is 78.5 Å². The predicted molar refractivity (Wildman–Crippen MR) is 128 cm³/mol. The van der Waals surface area contributed by atoms with Gasteiger partial charge in [-0.3, -0.25) is 0 Å². The highest BCUT2D eigenvalue weighted by Crippen LogP contribution is 2.50. The molecule has 0 fully saturated rings. The Kier molecular flexibility index (Phi) is 5.80. The number of hydroxylamine groups is 4. The van der Waals surface area contributed by atoms with Crippen molar-refractivity contribution in [1.29, 1.82) is 0 Å². The number of benzene rings is 1. The minimum absolute atomic E-state index is 0.290. The normalized spacial score (nSPS) is 28.1. The Morgan fingerprint density at radius 3 is 2.15 bits per heavy atom. The van der Waals surface area contributed by atoms with E-state index in [1.807, 2.05) is 55.4 Å². The van der Waals surface area contributed by atoms with Gasteiger partial charge < -0.3 is 25.6 Å². The molecule has 7 nitrogen and oxygen atoms in total. The lowest BCUT2D eigenvalue weighted by atomic mass is 9.86. The zero-order chi connectivity index (χ0) is 24.6. The van der Waals surface area contributed by atoms with Crippen LogP contribution in [0, 0.1) is 0 Å². The molecule has 4 rings (SSSR count). The summed E-state index contributed by atoms with van der Waals surface area (Å²) in [5, 5.41) is 38.3. The standard InChI is InChI=1S/C26H41N3O4/c1-23(2)13-17(24(3,4)28(23)31)14-27-15-20(30)21-10-9-16-11-18-19(12-22(16)33-21)26(7,8)29(32)25(18,5)6/h11-13,20-21,27,30-32H,9-10,14-15H2,1-8H3. The number of rotatable bonds is 5. The molecule has 0 aliphatic carbocycles. The molecule has 0 aromatic heterocycles. The number of hydrogen-bond donors (Lipinski definition) is 4. The third-order valence-corrected chi connectivity index (χ3v) is 8.04. The van der Waals surface area contributed by atoms with Gasteiger partial charge in [0, 0.05) is 13.1 Å². The summed E-state index contributed by atoms with van der Waals surface area (Å²) in [4.78, 5) is 0. The number of aryl methyl sites for hydroxylation is 1. The van der Waals surface area contributed by atoms with Crippen LogP contribution in [0.4, 0.5) is 0 Å². The van der Waals surface area contributed by atoms with Crippen LogP contribution in [0.3, 0.4) is 0 Å². The molecule has 3 aliphatic heterocycles. The summed E-state index contributed by atoms with van der Waals surface area (Å²) in [5.74, 6) is 0.806. The monoisotopic (exact) mass is 459 g/mol. The van der Waals surface area contributed by atoms with Crippen molar-refractivity contribution in [3.63, 3.8) is 0 Å². The molecule has 1 aromatic carbocycles. The maximum Gasteiger partial charge on any atom is 0.126 e. The molecule has 0 amide bonds. The molecule has 0 spiro atoms. The third-order valence-electron chi connectivity index (χ3n) is 8.04. The fourth-order valence-electron chi connectivity index (χ4n) is 5.93. The summed E-state index contributed by atoms with van der Waals surface area (Å²) in [7, 11) is 0. The molecule has 4 N–H and O–H groups in total. The van der Waals surface area contributed by atoms with E-state index in [4.69, 9.17) is 4.74 Å². The molecule has 3 heterocycles. The van der Waals surface area contributed by atoms with Gasteiger partial charge in [0.15, 0.2) is 0 Å². The molecule has 0 saturated carbocycles. The minimum atomic E-state index is -0.645. The summed E-state index contributed by atoms with van der Waals surface area (Å²) in [6, 6.07) is 4.22. The van der Waals surface area contributed by atoms with Gasteiger partial charge in [0.2, 0.25) is 0 Å². The number of aliphatic hydroxyl groups is 1. The molecule has 33 heavy (non-hydrogen) atoms. The first-order chi connectivity index (χ1) is 15.1. The van der Waals surface area contributed by atoms with E-state index in [9.17, 15) is 15.5 Å². The van der Waals surface area contributed by atoms with Crippen molar-refractivity contribution in [2.45, 2.75) is 103 Å². The van der Waals surface area contributed by atoms with Crippen LogP contribution >= 0.6 is 0 Å². The van der Waals surface area contributed by atoms with Crippen molar-refractivity contribution in [2.75, 3.05) is 13.1 Å². The van der Waals surface area contributed by atoms with E-state index < -0.39 is 28.3 Å². The first-order valence-corrected chi connectivity index (χ1v) is 12.0. The van der Waals surface area contributed by atoms with Crippen LogP contribution in [0.2, 0.25) is 0 Å². The molecule has 184 valence electrons. The van der Waals surface area contributed by atoms with E-state index in [-0.39, 0.29) is 6.10 Å². The highest BCUT2D eigenvalue weighted by molar-refractivity contribution is 5.51. The highest BCUT2D eigenvalue weighted by atomic mass is 16.5. The lowest BCUT2D eigenvalue weighted by Gasteiger charge is -2.36. The molecule has 0 bridgehead atoms. The fraction of sp³-hybridized carbons (Fsp3) is 0.692. The Morgan fingerprint density at radius 1 is 0.970 bits per heavy atom.